The van der Waals surface area contributed by atoms with Gasteiger partial charge < -0.3 is 10.2 Å². The van der Waals surface area contributed by atoms with Crippen molar-refractivity contribution < 1.29 is 4.74 Å². The highest BCUT2D eigenvalue weighted by atomic mass is 16.5. The zero-order valence-corrected chi connectivity index (χ0v) is 10.2. The summed E-state index contributed by atoms with van der Waals surface area (Å²) in [4.78, 5) is 8.28. The number of methoxy groups -OCH3 is 1. The van der Waals surface area contributed by atoms with E-state index >= 15 is 0 Å². The number of hydrogen-bond donors (Lipinski definition) is 2. The Kier molecular flexibility index (Phi) is 2.73. The second-order valence-corrected chi connectivity index (χ2v) is 3.83. The molecular formula is C12H12N6O. The minimum atomic E-state index is 0.533. The van der Waals surface area contributed by atoms with Gasteiger partial charge >= 0.3 is 0 Å². The van der Waals surface area contributed by atoms with Gasteiger partial charge in [-0.25, -0.2) is 20.5 Å². The largest absolute Gasteiger partial charge is 0.494 e. The zero-order valence-electron chi connectivity index (χ0n) is 10.2. The molecule has 1 aromatic carbocycles. The number of benzene rings is 1. The van der Waals surface area contributed by atoms with Gasteiger partial charge in [-0.15, -0.1) is 0 Å². The molecule has 0 bridgehead atoms. The van der Waals surface area contributed by atoms with Crippen LogP contribution in [0.1, 0.15) is 0 Å². The molecule has 0 saturated carbocycles. The highest BCUT2D eigenvalue weighted by molar-refractivity contribution is 5.87. The van der Waals surface area contributed by atoms with Crippen molar-refractivity contribution in [1.82, 2.24) is 19.7 Å². The van der Waals surface area contributed by atoms with E-state index in [9.17, 15) is 0 Å². The first-order valence-corrected chi connectivity index (χ1v) is 5.64. The maximum Gasteiger partial charge on any atom is 0.168 e. The van der Waals surface area contributed by atoms with Gasteiger partial charge in [-0.3, -0.25) is 0 Å². The molecule has 96 valence electrons. The number of hydrazine groups is 1. The van der Waals surface area contributed by atoms with E-state index in [1.165, 1.54) is 6.33 Å². The fourth-order valence-corrected chi connectivity index (χ4v) is 1.94. The molecule has 2 heterocycles. The Balaban J connectivity index is 2.26. The van der Waals surface area contributed by atoms with Crippen LogP contribution in [-0.4, -0.2) is 26.9 Å². The summed E-state index contributed by atoms with van der Waals surface area (Å²) in [6.45, 7) is 0. The van der Waals surface area contributed by atoms with Gasteiger partial charge in [0.05, 0.1) is 18.7 Å². The van der Waals surface area contributed by atoms with Crippen LogP contribution in [0.4, 0.5) is 5.82 Å². The van der Waals surface area contributed by atoms with Crippen molar-refractivity contribution in [1.29, 1.82) is 0 Å². The van der Waals surface area contributed by atoms with Crippen LogP contribution in [0.5, 0.6) is 5.75 Å². The monoisotopic (exact) mass is 256 g/mol. The molecule has 0 aliphatic heterocycles. The molecular weight excluding hydrogens is 244 g/mol. The van der Waals surface area contributed by atoms with Crippen LogP contribution >= 0.6 is 0 Å². The van der Waals surface area contributed by atoms with Gasteiger partial charge in [0.2, 0.25) is 0 Å². The minimum absolute atomic E-state index is 0.533. The Morgan fingerprint density at radius 2 is 2.11 bits per heavy atom. The van der Waals surface area contributed by atoms with E-state index in [-0.39, 0.29) is 0 Å². The molecule has 0 saturated heterocycles. The summed E-state index contributed by atoms with van der Waals surface area (Å²) < 4.78 is 7.02. The lowest BCUT2D eigenvalue weighted by Crippen LogP contribution is -2.09. The van der Waals surface area contributed by atoms with Crippen molar-refractivity contribution in [3.8, 4) is 11.4 Å². The number of aromatic nitrogens is 4. The first-order chi connectivity index (χ1) is 9.35. The lowest BCUT2D eigenvalue weighted by atomic mass is 10.3. The lowest BCUT2D eigenvalue weighted by molar-refractivity contribution is 0.412. The Hall–Kier alpha value is -2.67. The first kappa shape index (κ1) is 11.4. The predicted octanol–water partition coefficient (Wildman–Crippen LogP) is 1.11. The van der Waals surface area contributed by atoms with E-state index in [0.29, 0.717) is 17.2 Å². The van der Waals surface area contributed by atoms with E-state index in [0.717, 1.165) is 11.1 Å². The first-order valence-electron chi connectivity index (χ1n) is 5.64. The molecule has 0 fully saturated rings. The third-order valence-electron chi connectivity index (χ3n) is 2.82. The van der Waals surface area contributed by atoms with Gasteiger partial charge in [0.15, 0.2) is 11.5 Å². The average molecular weight is 256 g/mol. The summed E-state index contributed by atoms with van der Waals surface area (Å²) >= 11 is 0. The number of nitrogens with one attached hydrogen (secondary N) is 1. The minimum Gasteiger partial charge on any atom is -0.494 e. The fourth-order valence-electron chi connectivity index (χ4n) is 1.94. The molecule has 3 N–H and O–H groups in total. The number of ether oxygens (including phenoxy) is 1. The molecule has 3 aromatic rings. The third-order valence-corrected chi connectivity index (χ3v) is 2.82. The Morgan fingerprint density at radius 3 is 2.89 bits per heavy atom. The van der Waals surface area contributed by atoms with Crippen molar-refractivity contribution in [2.24, 2.45) is 5.84 Å². The van der Waals surface area contributed by atoms with E-state index in [1.54, 1.807) is 18.0 Å². The van der Waals surface area contributed by atoms with Crippen LogP contribution in [0.15, 0.2) is 36.8 Å². The molecule has 0 aliphatic rings. The number of anilines is 1. The van der Waals surface area contributed by atoms with E-state index < -0.39 is 0 Å². The molecule has 7 nitrogen and oxygen atoms in total. The number of fused-ring (bicyclic) bond motifs is 1. The number of hydrogen-bond acceptors (Lipinski definition) is 6. The van der Waals surface area contributed by atoms with E-state index in [2.05, 4.69) is 20.5 Å². The number of rotatable bonds is 3. The van der Waals surface area contributed by atoms with Crippen molar-refractivity contribution in [3.05, 3.63) is 36.8 Å². The van der Waals surface area contributed by atoms with Crippen LogP contribution in [0.3, 0.4) is 0 Å². The summed E-state index contributed by atoms with van der Waals surface area (Å²) in [5, 5.41) is 5.07. The quantitative estimate of drug-likeness (QED) is 0.539. The third kappa shape index (κ3) is 1.76. The van der Waals surface area contributed by atoms with Gasteiger partial charge in [0.25, 0.3) is 0 Å². The van der Waals surface area contributed by atoms with E-state index in [4.69, 9.17) is 10.6 Å². The summed E-state index contributed by atoms with van der Waals surface area (Å²) in [6, 6.07) is 7.58. The van der Waals surface area contributed by atoms with Gasteiger partial charge in [0.1, 0.15) is 17.8 Å². The molecule has 7 heteroatoms. The fraction of sp³-hybridized carbons (Fsp3) is 0.0833. The number of nitrogens with zero attached hydrogens (tertiary/aromatic N) is 4. The van der Waals surface area contributed by atoms with Crippen LogP contribution < -0.4 is 16.0 Å². The van der Waals surface area contributed by atoms with Crippen molar-refractivity contribution in [3.63, 3.8) is 0 Å². The molecule has 0 aliphatic carbocycles. The zero-order chi connectivity index (χ0) is 13.2. The van der Waals surface area contributed by atoms with Crippen molar-refractivity contribution in [2.75, 3.05) is 12.5 Å². The van der Waals surface area contributed by atoms with Gasteiger partial charge in [0, 0.05) is 0 Å². The highest BCUT2D eigenvalue weighted by Crippen LogP contribution is 2.26. The Labute approximate surface area is 109 Å². The van der Waals surface area contributed by atoms with E-state index in [1.807, 2.05) is 24.3 Å². The summed E-state index contributed by atoms with van der Waals surface area (Å²) in [5.41, 5.74) is 3.99. The van der Waals surface area contributed by atoms with Crippen LogP contribution in [-0.2, 0) is 0 Å². The molecule has 0 unspecified atom stereocenters. The maximum atomic E-state index is 5.42. The molecule has 0 spiro atoms. The van der Waals surface area contributed by atoms with Crippen LogP contribution in [0, 0.1) is 0 Å². The number of nitrogen functional groups attached to an aromatic ring is 1. The van der Waals surface area contributed by atoms with Crippen LogP contribution in [0.2, 0.25) is 0 Å². The highest BCUT2D eigenvalue weighted by Gasteiger charge is 2.12. The standard InChI is InChI=1S/C12H12N6O/c1-19-10-5-3-2-4-9(10)18-12-8(6-16-18)11(17-13)14-7-15-12/h2-7H,13H2,1H3,(H,14,15,17). The Morgan fingerprint density at radius 1 is 1.26 bits per heavy atom. The van der Waals surface area contributed by atoms with Gasteiger partial charge in [-0.2, -0.15) is 5.10 Å². The second-order valence-electron chi connectivity index (χ2n) is 3.83. The normalized spacial score (nSPS) is 10.6. The average Bonchev–Trinajstić information content (AvgIpc) is 2.90. The number of para-hydroxylation sites is 2. The summed E-state index contributed by atoms with van der Waals surface area (Å²) in [7, 11) is 1.62. The SMILES string of the molecule is COc1ccccc1-n1ncc2c(NN)ncnc21. The summed E-state index contributed by atoms with van der Waals surface area (Å²) in [5.74, 6) is 6.67. The van der Waals surface area contributed by atoms with Gasteiger partial charge in [-0.05, 0) is 12.1 Å². The number of nitrogens with two attached hydrogens (primary N) is 1. The second kappa shape index (κ2) is 4.54. The van der Waals surface area contributed by atoms with Crippen LogP contribution in [0.25, 0.3) is 16.7 Å². The molecule has 0 amide bonds. The summed E-state index contributed by atoms with van der Waals surface area (Å²) in [6.07, 6.45) is 3.10. The molecule has 19 heavy (non-hydrogen) atoms. The van der Waals surface area contributed by atoms with Crippen molar-refractivity contribution in [2.45, 2.75) is 0 Å². The molecule has 0 radical (unpaired) electrons. The maximum absolute atomic E-state index is 5.42. The molecule has 3 rings (SSSR count). The molecule has 0 atom stereocenters. The predicted molar refractivity (Wildman–Crippen MR) is 71.0 cm³/mol. The smallest absolute Gasteiger partial charge is 0.168 e. The van der Waals surface area contributed by atoms with Gasteiger partial charge in [-0.1, -0.05) is 12.1 Å². The molecule has 2 aromatic heterocycles. The lowest BCUT2D eigenvalue weighted by Gasteiger charge is -2.08. The van der Waals surface area contributed by atoms with Crippen molar-refractivity contribution >= 4 is 16.9 Å². The Bertz CT molecular complexity index is 723. The topological polar surface area (TPSA) is 90.9 Å².